The molecule has 0 spiro atoms. The average Bonchev–Trinajstić information content (AvgIpc) is 3.22. The maximum absolute atomic E-state index is 12.8. The van der Waals surface area contributed by atoms with Crippen molar-refractivity contribution < 1.29 is 17.6 Å². The van der Waals surface area contributed by atoms with Gasteiger partial charge in [-0.3, -0.25) is 4.79 Å². The summed E-state index contributed by atoms with van der Waals surface area (Å²) in [5.74, 6) is -0.565. The lowest BCUT2D eigenvalue weighted by molar-refractivity contribution is -0.122. The zero-order chi connectivity index (χ0) is 20.7. The van der Waals surface area contributed by atoms with Gasteiger partial charge in [0.05, 0.1) is 23.6 Å². The van der Waals surface area contributed by atoms with E-state index >= 15 is 0 Å². The van der Waals surface area contributed by atoms with Crippen LogP contribution in [-0.4, -0.2) is 26.6 Å². The van der Waals surface area contributed by atoms with E-state index in [1.54, 1.807) is 18.2 Å². The van der Waals surface area contributed by atoms with Crippen molar-refractivity contribution in [3.05, 3.63) is 89.9 Å². The van der Waals surface area contributed by atoms with Crippen molar-refractivity contribution in [2.45, 2.75) is 24.3 Å². The van der Waals surface area contributed by atoms with Gasteiger partial charge in [-0.2, -0.15) is 9.82 Å². The number of hydrogen-bond acceptors (Lipinski definition) is 5. The Morgan fingerprint density at radius 3 is 2.48 bits per heavy atom. The molecular formula is C21H21N3O4S. The zero-order valence-electron chi connectivity index (χ0n) is 15.8. The Morgan fingerprint density at radius 2 is 1.83 bits per heavy atom. The van der Waals surface area contributed by atoms with Crippen molar-refractivity contribution in [1.82, 2.24) is 10.1 Å². The van der Waals surface area contributed by atoms with Crippen LogP contribution < -0.4 is 10.1 Å². The van der Waals surface area contributed by atoms with E-state index in [1.807, 2.05) is 37.3 Å². The zero-order valence-corrected chi connectivity index (χ0v) is 16.6. The molecule has 3 aromatic rings. The van der Waals surface area contributed by atoms with Gasteiger partial charge in [-0.1, -0.05) is 48.0 Å². The number of nitrogens with zero attached hydrogens (tertiary/aromatic N) is 1. The van der Waals surface area contributed by atoms with Crippen molar-refractivity contribution in [3.63, 3.8) is 0 Å². The van der Waals surface area contributed by atoms with E-state index < -0.39 is 22.0 Å². The highest BCUT2D eigenvalue weighted by Crippen LogP contribution is 2.12. The topological polar surface area (TPSA) is 101 Å². The van der Waals surface area contributed by atoms with Gasteiger partial charge in [-0.15, -0.1) is 0 Å². The summed E-state index contributed by atoms with van der Waals surface area (Å²) in [6.45, 7) is 1.87. The molecule has 29 heavy (non-hydrogen) atoms. The maximum Gasteiger partial charge on any atom is 0.258 e. The van der Waals surface area contributed by atoms with Crippen LogP contribution in [0.2, 0.25) is 0 Å². The average molecular weight is 411 g/mol. The van der Waals surface area contributed by atoms with Crippen LogP contribution in [0.3, 0.4) is 0 Å². The third-order valence-corrected chi connectivity index (χ3v) is 5.65. The molecule has 0 radical (unpaired) electrons. The number of amides is 1. The minimum absolute atomic E-state index is 0.0934. The standard InChI is InChI=1S/C21H21N3O4S/c1-16-7-9-19(10-8-16)29(26,27)24-20(13-17-5-3-2-4-6-17)21(25)23-22-14-18-11-12-28-15-18/h2-12,14-15,20,24H,13H2,1H3,(H,23,25)/t20-/m1/s1. The summed E-state index contributed by atoms with van der Waals surface area (Å²) in [4.78, 5) is 12.8. The normalized spacial score (nSPS) is 12.7. The van der Waals surface area contributed by atoms with Crippen molar-refractivity contribution in [1.29, 1.82) is 0 Å². The van der Waals surface area contributed by atoms with E-state index in [1.165, 1.54) is 30.9 Å². The van der Waals surface area contributed by atoms with Gasteiger partial charge in [-0.25, -0.2) is 13.8 Å². The van der Waals surface area contributed by atoms with Crippen LogP contribution in [0.4, 0.5) is 0 Å². The number of hydrogen-bond donors (Lipinski definition) is 2. The molecule has 7 nitrogen and oxygen atoms in total. The van der Waals surface area contributed by atoms with E-state index in [0.717, 1.165) is 11.1 Å². The van der Waals surface area contributed by atoms with E-state index in [0.29, 0.717) is 5.56 Å². The lowest BCUT2D eigenvalue weighted by Crippen LogP contribution is -2.46. The molecule has 0 aliphatic rings. The first-order valence-corrected chi connectivity index (χ1v) is 10.4. The third-order valence-electron chi connectivity index (χ3n) is 4.16. The second-order valence-corrected chi connectivity index (χ2v) is 8.18. The number of hydrazone groups is 1. The second-order valence-electron chi connectivity index (χ2n) is 6.47. The summed E-state index contributed by atoms with van der Waals surface area (Å²) in [7, 11) is -3.89. The monoisotopic (exact) mass is 411 g/mol. The molecule has 8 heteroatoms. The fourth-order valence-electron chi connectivity index (χ4n) is 2.61. The summed E-state index contributed by atoms with van der Waals surface area (Å²) < 4.78 is 32.9. The number of furan rings is 1. The summed E-state index contributed by atoms with van der Waals surface area (Å²) in [6, 6.07) is 16.2. The Hall–Kier alpha value is -3.23. The first-order valence-electron chi connectivity index (χ1n) is 8.92. The molecule has 0 saturated carbocycles. The SMILES string of the molecule is Cc1ccc(S(=O)(=O)N[C@H](Cc2ccccc2)C(=O)NN=Cc2ccoc2)cc1. The molecule has 0 saturated heterocycles. The first kappa shape index (κ1) is 20.5. The predicted octanol–water partition coefficient (Wildman–Crippen LogP) is 2.63. The van der Waals surface area contributed by atoms with Gasteiger partial charge in [0.1, 0.15) is 6.04 Å². The van der Waals surface area contributed by atoms with Crippen molar-refractivity contribution in [2.24, 2.45) is 5.10 Å². The van der Waals surface area contributed by atoms with Gasteiger partial charge in [0.15, 0.2) is 0 Å². The highest BCUT2D eigenvalue weighted by atomic mass is 32.2. The number of aryl methyl sites for hydroxylation is 1. The van der Waals surface area contributed by atoms with E-state index in [-0.39, 0.29) is 11.3 Å². The minimum Gasteiger partial charge on any atom is -0.472 e. The molecule has 0 bridgehead atoms. The maximum atomic E-state index is 12.8. The summed E-state index contributed by atoms with van der Waals surface area (Å²) in [5, 5.41) is 3.87. The van der Waals surface area contributed by atoms with Crippen LogP contribution in [0, 0.1) is 6.92 Å². The molecule has 1 atom stereocenters. The number of benzene rings is 2. The highest BCUT2D eigenvalue weighted by Gasteiger charge is 2.26. The largest absolute Gasteiger partial charge is 0.472 e. The molecular weight excluding hydrogens is 390 g/mol. The Morgan fingerprint density at radius 1 is 1.10 bits per heavy atom. The van der Waals surface area contributed by atoms with Gasteiger partial charge in [-0.05, 0) is 37.1 Å². The van der Waals surface area contributed by atoms with Crippen LogP contribution in [0.15, 0.2) is 87.6 Å². The fourth-order valence-corrected chi connectivity index (χ4v) is 3.80. The van der Waals surface area contributed by atoms with Crippen LogP contribution in [-0.2, 0) is 21.2 Å². The Bertz CT molecular complexity index is 1060. The molecule has 0 aliphatic carbocycles. The molecule has 0 aliphatic heterocycles. The molecule has 2 aromatic carbocycles. The fraction of sp³-hybridized carbons (Fsp3) is 0.143. The minimum atomic E-state index is -3.89. The van der Waals surface area contributed by atoms with Gasteiger partial charge in [0.2, 0.25) is 10.0 Å². The molecule has 150 valence electrons. The molecule has 0 fully saturated rings. The van der Waals surface area contributed by atoms with E-state index in [2.05, 4.69) is 15.2 Å². The summed E-state index contributed by atoms with van der Waals surface area (Å²) in [5.41, 5.74) is 4.82. The summed E-state index contributed by atoms with van der Waals surface area (Å²) >= 11 is 0. The number of nitrogens with one attached hydrogen (secondary N) is 2. The van der Waals surface area contributed by atoms with Crippen molar-refractivity contribution in [3.8, 4) is 0 Å². The predicted molar refractivity (Wildman–Crippen MR) is 110 cm³/mol. The van der Waals surface area contributed by atoms with Crippen LogP contribution in [0.1, 0.15) is 16.7 Å². The number of carbonyl (C=O) groups excluding carboxylic acids is 1. The van der Waals surface area contributed by atoms with Crippen molar-refractivity contribution >= 4 is 22.1 Å². The lowest BCUT2D eigenvalue weighted by Gasteiger charge is -2.17. The number of rotatable bonds is 8. The summed E-state index contributed by atoms with van der Waals surface area (Å²) in [6.07, 6.45) is 4.54. The lowest BCUT2D eigenvalue weighted by atomic mass is 10.1. The Kier molecular flexibility index (Phi) is 6.58. The van der Waals surface area contributed by atoms with Gasteiger partial charge in [0, 0.05) is 5.56 Å². The molecule has 1 heterocycles. The van der Waals surface area contributed by atoms with Gasteiger partial charge in [0.25, 0.3) is 5.91 Å². The van der Waals surface area contributed by atoms with Gasteiger partial charge >= 0.3 is 0 Å². The van der Waals surface area contributed by atoms with E-state index in [4.69, 9.17) is 4.42 Å². The van der Waals surface area contributed by atoms with Crippen molar-refractivity contribution in [2.75, 3.05) is 0 Å². The molecule has 0 unspecified atom stereocenters. The Labute approximate surface area is 169 Å². The Balaban J connectivity index is 1.78. The highest BCUT2D eigenvalue weighted by molar-refractivity contribution is 7.89. The molecule has 3 rings (SSSR count). The number of carbonyl (C=O) groups is 1. The second kappa shape index (κ2) is 9.31. The van der Waals surface area contributed by atoms with E-state index in [9.17, 15) is 13.2 Å². The first-order chi connectivity index (χ1) is 13.9. The van der Waals surface area contributed by atoms with Crippen LogP contribution >= 0.6 is 0 Å². The smallest absolute Gasteiger partial charge is 0.258 e. The quantitative estimate of drug-likeness (QED) is 0.439. The van der Waals surface area contributed by atoms with Gasteiger partial charge < -0.3 is 4.42 Å². The molecule has 1 amide bonds. The van der Waals surface area contributed by atoms with Crippen LogP contribution in [0.5, 0.6) is 0 Å². The third kappa shape index (κ3) is 5.87. The molecule has 1 aromatic heterocycles. The van der Waals surface area contributed by atoms with Crippen LogP contribution in [0.25, 0.3) is 0 Å². The number of sulfonamides is 1. The molecule has 2 N–H and O–H groups in total.